The third-order valence-corrected chi connectivity index (χ3v) is 3.59. The van der Waals surface area contributed by atoms with Gasteiger partial charge in [0.15, 0.2) is 5.16 Å². The van der Waals surface area contributed by atoms with E-state index < -0.39 is 11.5 Å². The van der Waals surface area contributed by atoms with Gasteiger partial charge in [0.2, 0.25) is 0 Å². The first-order valence-electron chi connectivity index (χ1n) is 5.64. The topological polar surface area (TPSA) is 95.1 Å². The lowest BCUT2D eigenvalue weighted by Crippen LogP contribution is -2.52. The number of nitrogens with one attached hydrogen (secondary N) is 2. The predicted molar refractivity (Wildman–Crippen MR) is 69.9 cm³/mol. The molecule has 0 saturated carbocycles. The minimum absolute atomic E-state index is 0.244. The number of carboxylic acid groups (broad SMARTS) is 1. The number of hydrogen-bond donors (Lipinski definition) is 3. The third-order valence-electron chi connectivity index (χ3n) is 2.38. The molecule has 1 aromatic rings. The zero-order valence-corrected chi connectivity index (χ0v) is 11.2. The summed E-state index contributed by atoms with van der Waals surface area (Å²) in [6.45, 7) is 4.22. The molecule has 1 aromatic heterocycles. The van der Waals surface area contributed by atoms with Gasteiger partial charge in [-0.15, -0.1) is 0 Å². The highest BCUT2D eigenvalue weighted by molar-refractivity contribution is 7.99. The van der Waals surface area contributed by atoms with E-state index in [4.69, 9.17) is 0 Å². The zero-order valence-electron chi connectivity index (χ0n) is 10.4. The molecule has 0 saturated heterocycles. The molecule has 0 aliphatic rings. The molecule has 1 rings (SSSR count). The van der Waals surface area contributed by atoms with Gasteiger partial charge < -0.3 is 15.4 Å². The summed E-state index contributed by atoms with van der Waals surface area (Å²) >= 11 is 1.21. The summed E-state index contributed by atoms with van der Waals surface area (Å²) in [6.07, 6.45) is 2.26. The number of aromatic amines is 1. The van der Waals surface area contributed by atoms with Gasteiger partial charge in [-0.05, 0) is 19.9 Å². The van der Waals surface area contributed by atoms with Crippen LogP contribution in [-0.4, -0.2) is 38.9 Å². The lowest BCUT2D eigenvalue weighted by Gasteiger charge is -2.25. The van der Waals surface area contributed by atoms with Gasteiger partial charge in [-0.1, -0.05) is 18.7 Å². The molecule has 6 nitrogen and oxygen atoms in total. The van der Waals surface area contributed by atoms with Crippen molar-refractivity contribution in [2.24, 2.45) is 0 Å². The van der Waals surface area contributed by atoms with E-state index in [1.165, 1.54) is 24.0 Å². The Balaban J connectivity index is 2.68. The van der Waals surface area contributed by atoms with Gasteiger partial charge in [0, 0.05) is 18.0 Å². The molecule has 0 bridgehead atoms. The van der Waals surface area contributed by atoms with Crippen molar-refractivity contribution in [3.63, 3.8) is 0 Å². The maximum atomic E-state index is 11.2. The molecule has 0 aliphatic heterocycles. The molecule has 3 N–H and O–H groups in total. The Labute approximate surface area is 109 Å². The molecule has 1 heterocycles. The van der Waals surface area contributed by atoms with E-state index in [0.29, 0.717) is 11.7 Å². The van der Waals surface area contributed by atoms with Crippen LogP contribution < -0.4 is 10.9 Å². The van der Waals surface area contributed by atoms with Gasteiger partial charge in [-0.25, -0.2) is 4.98 Å². The second-order valence-corrected chi connectivity index (χ2v) is 5.06. The SMILES string of the molecule is CCCNC(C)(CSc1nccc(=O)[nH]1)C(=O)O. The summed E-state index contributed by atoms with van der Waals surface area (Å²) in [5, 5.41) is 12.6. The lowest BCUT2D eigenvalue weighted by atomic mass is 10.1. The van der Waals surface area contributed by atoms with E-state index in [1.807, 2.05) is 6.92 Å². The van der Waals surface area contributed by atoms with E-state index >= 15 is 0 Å². The summed E-state index contributed by atoms with van der Waals surface area (Å²) in [5.41, 5.74) is -1.28. The molecule has 0 fully saturated rings. The molecule has 0 amide bonds. The Kier molecular flexibility index (Phi) is 5.36. The molecule has 0 aliphatic carbocycles. The number of aliphatic carboxylic acids is 1. The van der Waals surface area contributed by atoms with Crippen LogP contribution in [0.4, 0.5) is 0 Å². The summed E-state index contributed by atoms with van der Waals surface area (Å²) in [7, 11) is 0. The highest BCUT2D eigenvalue weighted by Crippen LogP contribution is 2.18. The van der Waals surface area contributed by atoms with Crippen LogP contribution in [0.15, 0.2) is 22.2 Å². The minimum atomic E-state index is -1.03. The molecule has 0 aromatic carbocycles. The van der Waals surface area contributed by atoms with Crippen molar-refractivity contribution >= 4 is 17.7 Å². The highest BCUT2D eigenvalue weighted by Gasteiger charge is 2.32. The van der Waals surface area contributed by atoms with Crippen LogP contribution in [0.5, 0.6) is 0 Å². The normalized spacial score (nSPS) is 14.1. The van der Waals surface area contributed by atoms with Crippen molar-refractivity contribution in [1.82, 2.24) is 15.3 Å². The van der Waals surface area contributed by atoms with E-state index in [9.17, 15) is 14.7 Å². The smallest absolute Gasteiger partial charge is 0.324 e. The Morgan fingerprint density at radius 1 is 1.67 bits per heavy atom. The molecule has 0 spiro atoms. The standard InChI is InChI=1S/C11H17N3O3S/c1-3-5-13-11(2,9(16)17)7-18-10-12-6-4-8(15)14-10/h4,6,13H,3,5,7H2,1-2H3,(H,16,17)(H,12,14,15). The maximum absolute atomic E-state index is 11.2. The van der Waals surface area contributed by atoms with Crippen LogP contribution >= 0.6 is 11.8 Å². The van der Waals surface area contributed by atoms with E-state index in [-0.39, 0.29) is 11.3 Å². The quantitative estimate of drug-likeness (QED) is 0.499. The van der Waals surface area contributed by atoms with Gasteiger partial charge in [-0.3, -0.25) is 9.59 Å². The van der Waals surface area contributed by atoms with E-state index in [0.717, 1.165) is 6.42 Å². The predicted octanol–water partition coefficient (Wildman–Crippen LogP) is 0.705. The van der Waals surface area contributed by atoms with Crippen LogP contribution in [0.2, 0.25) is 0 Å². The largest absolute Gasteiger partial charge is 0.480 e. The van der Waals surface area contributed by atoms with Crippen molar-refractivity contribution in [1.29, 1.82) is 0 Å². The van der Waals surface area contributed by atoms with Gasteiger partial charge in [-0.2, -0.15) is 0 Å². The van der Waals surface area contributed by atoms with Crippen LogP contribution in [-0.2, 0) is 4.79 Å². The molecule has 1 atom stereocenters. The number of nitrogens with zero attached hydrogens (tertiary/aromatic N) is 1. The van der Waals surface area contributed by atoms with E-state index in [1.54, 1.807) is 6.92 Å². The van der Waals surface area contributed by atoms with Gasteiger partial charge in [0.05, 0.1) is 0 Å². The number of aromatic nitrogens is 2. The van der Waals surface area contributed by atoms with Gasteiger partial charge in [0.1, 0.15) is 5.54 Å². The molecular weight excluding hydrogens is 254 g/mol. The molecule has 100 valence electrons. The molecule has 18 heavy (non-hydrogen) atoms. The van der Waals surface area contributed by atoms with Crippen molar-refractivity contribution in [3.8, 4) is 0 Å². The average molecular weight is 271 g/mol. The first-order valence-corrected chi connectivity index (χ1v) is 6.63. The first kappa shape index (κ1) is 14.7. The van der Waals surface area contributed by atoms with Crippen LogP contribution in [0.1, 0.15) is 20.3 Å². The summed E-state index contributed by atoms with van der Waals surface area (Å²) in [6, 6.07) is 1.32. The monoisotopic (exact) mass is 271 g/mol. The number of H-pyrrole nitrogens is 1. The number of carbonyl (C=O) groups is 1. The highest BCUT2D eigenvalue weighted by atomic mass is 32.2. The van der Waals surface area contributed by atoms with Crippen molar-refractivity contribution < 1.29 is 9.90 Å². The molecular formula is C11H17N3O3S. The fourth-order valence-electron chi connectivity index (χ4n) is 1.23. The Hall–Kier alpha value is -1.34. The molecule has 0 radical (unpaired) electrons. The van der Waals surface area contributed by atoms with Gasteiger partial charge in [0.25, 0.3) is 5.56 Å². The first-order chi connectivity index (χ1) is 8.48. The van der Waals surface area contributed by atoms with Crippen LogP contribution in [0.3, 0.4) is 0 Å². The fourth-order valence-corrected chi connectivity index (χ4v) is 2.19. The van der Waals surface area contributed by atoms with Crippen molar-refractivity contribution in [2.45, 2.75) is 31.0 Å². The zero-order chi connectivity index (χ0) is 13.6. The summed E-state index contributed by atoms with van der Waals surface area (Å²) < 4.78 is 0. The fraction of sp³-hybridized carbons (Fsp3) is 0.545. The van der Waals surface area contributed by atoms with Crippen LogP contribution in [0, 0.1) is 0 Å². The number of thioether (sulfide) groups is 1. The Morgan fingerprint density at radius 2 is 2.39 bits per heavy atom. The number of carboxylic acids is 1. The molecule has 1 unspecified atom stereocenters. The Morgan fingerprint density at radius 3 is 2.94 bits per heavy atom. The Bertz CT molecular complexity index is 463. The summed E-state index contributed by atoms with van der Waals surface area (Å²) in [5.74, 6) is -0.628. The minimum Gasteiger partial charge on any atom is -0.480 e. The van der Waals surface area contributed by atoms with E-state index in [2.05, 4.69) is 15.3 Å². The second-order valence-electron chi connectivity index (χ2n) is 4.09. The van der Waals surface area contributed by atoms with Crippen molar-refractivity contribution in [2.75, 3.05) is 12.3 Å². The maximum Gasteiger partial charge on any atom is 0.324 e. The van der Waals surface area contributed by atoms with Crippen molar-refractivity contribution in [3.05, 3.63) is 22.6 Å². The number of hydrogen-bond acceptors (Lipinski definition) is 5. The van der Waals surface area contributed by atoms with Gasteiger partial charge >= 0.3 is 5.97 Å². The average Bonchev–Trinajstić information content (AvgIpc) is 2.34. The third kappa shape index (κ3) is 4.15. The number of rotatable bonds is 7. The summed E-state index contributed by atoms with van der Waals surface area (Å²) in [4.78, 5) is 28.8. The van der Waals surface area contributed by atoms with Crippen LogP contribution in [0.25, 0.3) is 0 Å². The lowest BCUT2D eigenvalue weighted by molar-refractivity contribution is -0.143. The second kappa shape index (κ2) is 6.55. The molecule has 7 heteroatoms.